The molecule has 0 radical (unpaired) electrons. The zero-order valence-corrected chi connectivity index (χ0v) is 10.9. The Morgan fingerprint density at radius 3 is 2.75 bits per heavy atom. The molecule has 2 aromatic rings. The molecule has 1 N–H and O–H groups in total. The van der Waals surface area contributed by atoms with Gasteiger partial charge in [0, 0.05) is 6.07 Å². The van der Waals surface area contributed by atoms with Crippen LogP contribution in [0.3, 0.4) is 0 Å². The number of nitrogens with zero attached hydrogens (tertiary/aromatic N) is 1. The van der Waals surface area contributed by atoms with Crippen molar-refractivity contribution in [1.82, 2.24) is 0 Å². The summed E-state index contributed by atoms with van der Waals surface area (Å²) in [6.45, 7) is -0.260. The van der Waals surface area contributed by atoms with E-state index in [9.17, 15) is 10.0 Å². The molecule has 6 nitrogen and oxygen atoms in total. The third-order valence-corrected chi connectivity index (χ3v) is 2.52. The van der Waals surface area contributed by atoms with Gasteiger partial charge in [-0.25, -0.2) is 0 Å². The third-order valence-electron chi connectivity index (χ3n) is 2.52. The fourth-order valence-corrected chi connectivity index (χ4v) is 1.60. The molecular formula is C14H14N2O4. The second kappa shape index (κ2) is 6.42. The van der Waals surface area contributed by atoms with Crippen molar-refractivity contribution in [3.05, 3.63) is 53.9 Å². The number of nitrogens with one attached hydrogen (secondary N) is 1. The van der Waals surface area contributed by atoms with Crippen LogP contribution in [0, 0.1) is 5.21 Å². The minimum atomic E-state index is -0.377. The summed E-state index contributed by atoms with van der Waals surface area (Å²) in [5.41, 5.74) is 0.548. The van der Waals surface area contributed by atoms with Crippen molar-refractivity contribution in [1.29, 1.82) is 0 Å². The maximum absolute atomic E-state index is 11.8. The first kappa shape index (κ1) is 13.7. The number of aromatic nitrogens is 1. The van der Waals surface area contributed by atoms with Crippen molar-refractivity contribution < 1.29 is 19.0 Å². The first-order chi connectivity index (χ1) is 9.70. The van der Waals surface area contributed by atoms with Crippen molar-refractivity contribution in [2.75, 3.05) is 19.0 Å². The summed E-state index contributed by atoms with van der Waals surface area (Å²) in [4.78, 5) is 11.8. The Morgan fingerprint density at radius 2 is 2.00 bits per heavy atom. The van der Waals surface area contributed by atoms with Crippen molar-refractivity contribution in [3.8, 4) is 11.6 Å². The topological polar surface area (TPSA) is 74.5 Å². The van der Waals surface area contributed by atoms with E-state index < -0.39 is 0 Å². The van der Waals surface area contributed by atoms with Gasteiger partial charge in [-0.2, -0.15) is 0 Å². The molecule has 0 spiro atoms. The van der Waals surface area contributed by atoms with Crippen LogP contribution in [0.15, 0.2) is 48.7 Å². The zero-order valence-electron chi connectivity index (χ0n) is 10.9. The van der Waals surface area contributed by atoms with Gasteiger partial charge in [0.05, 0.1) is 18.9 Å². The van der Waals surface area contributed by atoms with E-state index in [2.05, 4.69) is 5.32 Å². The minimum Gasteiger partial charge on any atom is -0.616 e. The molecule has 6 heteroatoms. The highest BCUT2D eigenvalue weighted by Crippen LogP contribution is 2.22. The Morgan fingerprint density at radius 1 is 1.25 bits per heavy atom. The smallest absolute Gasteiger partial charge is 0.379 e. The van der Waals surface area contributed by atoms with Crippen LogP contribution in [0.25, 0.3) is 0 Å². The van der Waals surface area contributed by atoms with Crippen molar-refractivity contribution in [2.45, 2.75) is 0 Å². The van der Waals surface area contributed by atoms with Crippen LogP contribution in [0.5, 0.6) is 11.6 Å². The average Bonchev–Trinajstić information content (AvgIpc) is 2.47. The highest BCUT2D eigenvalue weighted by molar-refractivity contribution is 5.93. The van der Waals surface area contributed by atoms with Crippen LogP contribution in [0.4, 0.5) is 5.69 Å². The van der Waals surface area contributed by atoms with Gasteiger partial charge in [-0.05, 0) is 18.2 Å². The number of carbonyl (C=O) groups excluding carboxylic acids is 1. The summed E-state index contributed by atoms with van der Waals surface area (Å²) < 4.78 is 10.8. The number of pyridine rings is 1. The molecule has 0 aliphatic carbocycles. The van der Waals surface area contributed by atoms with Crippen LogP contribution in [0.1, 0.15) is 0 Å². The fraction of sp³-hybridized carbons (Fsp3) is 0.143. The zero-order chi connectivity index (χ0) is 14.4. The van der Waals surface area contributed by atoms with Gasteiger partial charge < -0.3 is 20.0 Å². The molecule has 1 amide bonds. The highest BCUT2D eigenvalue weighted by atomic mass is 16.6. The Hall–Kier alpha value is -2.76. The molecule has 0 unspecified atom stereocenters. The maximum Gasteiger partial charge on any atom is 0.379 e. The van der Waals surface area contributed by atoms with Crippen molar-refractivity contribution in [2.24, 2.45) is 0 Å². The maximum atomic E-state index is 11.8. The number of para-hydroxylation sites is 2. The summed E-state index contributed by atoms with van der Waals surface area (Å²) in [5, 5.41) is 14.0. The number of carbonyl (C=O) groups is 1. The fourth-order valence-electron chi connectivity index (χ4n) is 1.60. The van der Waals surface area contributed by atoms with Gasteiger partial charge >= 0.3 is 5.88 Å². The van der Waals surface area contributed by atoms with Crippen LogP contribution in [-0.4, -0.2) is 19.6 Å². The first-order valence-electron chi connectivity index (χ1n) is 5.94. The molecule has 2 rings (SSSR count). The molecule has 1 aromatic heterocycles. The number of anilines is 1. The number of rotatable bonds is 5. The molecule has 0 saturated heterocycles. The van der Waals surface area contributed by atoms with Gasteiger partial charge in [0.2, 0.25) is 0 Å². The van der Waals surface area contributed by atoms with Crippen LogP contribution >= 0.6 is 0 Å². The summed E-state index contributed by atoms with van der Waals surface area (Å²) in [5.74, 6) is 0.250. The largest absolute Gasteiger partial charge is 0.616 e. The quantitative estimate of drug-likeness (QED) is 0.659. The molecule has 20 heavy (non-hydrogen) atoms. The Kier molecular flexibility index (Phi) is 4.39. The first-order valence-corrected chi connectivity index (χ1v) is 5.94. The van der Waals surface area contributed by atoms with E-state index in [1.807, 2.05) is 0 Å². The SMILES string of the molecule is COc1ccccc1NC(=O)COc1cccc[n+]1[O-]. The van der Waals surface area contributed by atoms with E-state index in [4.69, 9.17) is 9.47 Å². The molecule has 104 valence electrons. The standard InChI is InChI=1S/C14H14N2O4/c1-19-12-7-3-2-6-11(12)15-13(17)10-20-14-8-4-5-9-16(14)18/h2-9H,10H2,1H3,(H,15,17). The molecular weight excluding hydrogens is 260 g/mol. The number of benzene rings is 1. The Balaban J connectivity index is 1.95. The molecule has 0 fully saturated rings. The van der Waals surface area contributed by atoms with Crippen LogP contribution < -0.4 is 19.5 Å². The van der Waals surface area contributed by atoms with Crippen LogP contribution in [0.2, 0.25) is 0 Å². The van der Waals surface area contributed by atoms with Crippen molar-refractivity contribution in [3.63, 3.8) is 0 Å². The van der Waals surface area contributed by atoms with Gasteiger partial charge in [0.15, 0.2) is 12.8 Å². The van der Waals surface area contributed by atoms with Gasteiger partial charge in [-0.3, -0.25) is 4.79 Å². The predicted molar refractivity (Wildman–Crippen MR) is 72.5 cm³/mol. The average molecular weight is 274 g/mol. The number of hydrogen-bond donors (Lipinski definition) is 1. The number of ether oxygens (including phenoxy) is 2. The predicted octanol–water partition coefficient (Wildman–Crippen LogP) is 1.35. The van der Waals surface area contributed by atoms with Gasteiger partial charge in [-0.15, -0.1) is 4.73 Å². The Bertz CT molecular complexity index is 601. The molecule has 1 heterocycles. The lowest BCUT2D eigenvalue weighted by Gasteiger charge is -2.10. The monoisotopic (exact) mass is 274 g/mol. The molecule has 0 saturated carbocycles. The van der Waals surface area contributed by atoms with Crippen LogP contribution in [-0.2, 0) is 4.79 Å². The van der Waals surface area contributed by atoms with E-state index in [1.165, 1.54) is 19.4 Å². The van der Waals surface area contributed by atoms with Crippen molar-refractivity contribution >= 4 is 11.6 Å². The third kappa shape index (κ3) is 3.38. The van der Waals surface area contributed by atoms with E-state index in [-0.39, 0.29) is 18.4 Å². The summed E-state index contributed by atoms with van der Waals surface area (Å²) in [7, 11) is 1.52. The molecule has 1 aromatic carbocycles. The lowest BCUT2D eigenvalue weighted by Crippen LogP contribution is -2.30. The van der Waals surface area contributed by atoms with Gasteiger partial charge in [-0.1, -0.05) is 12.1 Å². The lowest BCUT2D eigenvalue weighted by atomic mass is 10.3. The normalized spacial score (nSPS) is 9.85. The molecule has 0 bridgehead atoms. The summed E-state index contributed by atoms with van der Waals surface area (Å²) in [6, 6.07) is 11.8. The molecule has 0 aliphatic rings. The Labute approximate surface area is 116 Å². The summed E-state index contributed by atoms with van der Waals surface area (Å²) in [6.07, 6.45) is 1.30. The number of amides is 1. The summed E-state index contributed by atoms with van der Waals surface area (Å²) >= 11 is 0. The second-order valence-corrected chi connectivity index (χ2v) is 3.90. The number of hydrogen-bond acceptors (Lipinski definition) is 4. The van der Waals surface area contributed by atoms with E-state index in [1.54, 1.807) is 36.4 Å². The van der Waals surface area contributed by atoms with E-state index in [0.29, 0.717) is 16.2 Å². The number of methoxy groups -OCH3 is 1. The molecule has 0 aliphatic heterocycles. The van der Waals surface area contributed by atoms with Gasteiger partial charge in [0.1, 0.15) is 5.75 Å². The lowest BCUT2D eigenvalue weighted by molar-refractivity contribution is -0.612. The van der Waals surface area contributed by atoms with E-state index in [0.717, 1.165) is 0 Å². The highest BCUT2D eigenvalue weighted by Gasteiger charge is 2.10. The van der Waals surface area contributed by atoms with Gasteiger partial charge in [0.25, 0.3) is 5.91 Å². The molecule has 0 atom stereocenters. The van der Waals surface area contributed by atoms with E-state index >= 15 is 0 Å². The minimum absolute atomic E-state index is 0.0719. The second-order valence-electron chi connectivity index (χ2n) is 3.90.